The quantitative estimate of drug-likeness (QED) is 0.785. The van der Waals surface area contributed by atoms with Crippen LogP contribution in [0.4, 0.5) is 0 Å². The summed E-state index contributed by atoms with van der Waals surface area (Å²) in [4.78, 5) is 16.6. The maximum absolute atomic E-state index is 12.3. The van der Waals surface area contributed by atoms with Gasteiger partial charge in [0.15, 0.2) is 0 Å². The molecule has 0 aliphatic carbocycles. The summed E-state index contributed by atoms with van der Waals surface area (Å²) in [5.74, 6) is 1.02. The molecule has 1 fully saturated rings. The summed E-state index contributed by atoms with van der Waals surface area (Å²) in [5, 5.41) is 0. The zero-order chi connectivity index (χ0) is 15.1. The van der Waals surface area contributed by atoms with Gasteiger partial charge in [0, 0.05) is 39.8 Å². The number of rotatable bonds is 6. The minimum Gasteiger partial charge on any atom is -0.497 e. The number of nitrogens with zero attached hydrogens (tertiary/aromatic N) is 2. The van der Waals surface area contributed by atoms with Gasteiger partial charge in [0.2, 0.25) is 5.91 Å². The molecule has 1 saturated heterocycles. The third kappa shape index (κ3) is 4.72. The van der Waals surface area contributed by atoms with E-state index in [0.717, 1.165) is 50.6 Å². The van der Waals surface area contributed by atoms with Gasteiger partial charge in [-0.15, -0.1) is 0 Å². The summed E-state index contributed by atoms with van der Waals surface area (Å²) >= 11 is 0. The van der Waals surface area contributed by atoms with E-state index in [4.69, 9.17) is 9.47 Å². The third-order valence-electron chi connectivity index (χ3n) is 3.85. The highest BCUT2D eigenvalue weighted by molar-refractivity contribution is 5.78. The van der Waals surface area contributed by atoms with Crippen LogP contribution in [0.15, 0.2) is 24.3 Å². The van der Waals surface area contributed by atoms with Gasteiger partial charge in [0.05, 0.1) is 20.1 Å². The fourth-order valence-corrected chi connectivity index (χ4v) is 2.47. The van der Waals surface area contributed by atoms with Crippen LogP contribution >= 0.6 is 0 Å². The number of amides is 1. The Hall–Kier alpha value is -1.59. The molecule has 0 radical (unpaired) electrons. The van der Waals surface area contributed by atoms with Crippen LogP contribution in [0.2, 0.25) is 0 Å². The first kappa shape index (κ1) is 15.8. The van der Waals surface area contributed by atoms with Crippen LogP contribution in [0.1, 0.15) is 5.56 Å². The minimum atomic E-state index is 0.201. The summed E-state index contributed by atoms with van der Waals surface area (Å²) in [6.45, 7) is 5.16. The van der Waals surface area contributed by atoms with Crippen LogP contribution < -0.4 is 4.74 Å². The van der Waals surface area contributed by atoms with Crippen LogP contribution in [0.25, 0.3) is 0 Å². The first-order chi connectivity index (χ1) is 10.2. The molecule has 21 heavy (non-hydrogen) atoms. The molecule has 1 aromatic rings. The Morgan fingerprint density at radius 3 is 2.33 bits per heavy atom. The van der Waals surface area contributed by atoms with Gasteiger partial charge in [-0.3, -0.25) is 9.69 Å². The van der Waals surface area contributed by atoms with Crippen molar-refractivity contribution in [3.63, 3.8) is 0 Å². The minimum absolute atomic E-state index is 0.201. The van der Waals surface area contributed by atoms with E-state index in [-0.39, 0.29) is 5.91 Å². The van der Waals surface area contributed by atoms with E-state index < -0.39 is 0 Å². The normalized spacial score (nSPS) is 16.0. The number of carbonyl (C=O) groups excluding carboxylic acids is 1. The molecule has 0 atom stereocenters. The average molecular weight is 292 g/mol. The van der Waals surface area contributed by atoms with E-state index in [9.17, 15) is 4.79 Å². The first-order valence-corrected chi connectivity index (χ1v) is 7.35. The van der Waals surface area contributed by atoms with Gasteiger partial charge in [0.25, 0.3) is 0 Å². The lowest BCUT2D eigenvalue weighted by Crippen LogP contribution is -2.49. The van der Waals surface area contributed by atoms with Crippen molar-refractivity contribution in [2.75, 3.05) is 53.6 Å². The summed E-state index contributed by atoms with van der Waals surface area (Å²) in [5.41, 5.74) is 1.03. The monoisotopic (exact) mass is 292 g/mol. The van der Waals surface area contributed by atoms with Gasteiger partial charge in [0.1, 0.15) is 5.75 Å². The van der Waals surface area contributed by atoms with Gasteiger partial charge in [-0.05, 0) is 17.7 Å². The summed E-state index contributed by atoms with van der Waals surface area (Å²) < 4.78 is 10.2. The SMILES string of the molecule is COCCN1CCN(C(=O)Cc2ccc(OC)cc2)CC1. The molecular weight excluding hydrogens is 268 g/mol. The molecule has 1 aliphatic rings. The Bertz CT molecular complexity index is 439. The molecule has 2 rings (SSSR count). The topological polar surface area (TPSA) is 42.0 Å². The number of benzene rings is 1. The lowest BCUT2D eigenvalue weighted by atomic mass is 10.1. The lowest BCUT2D eigenvalue weighted by molar-refractivity contribution is -0.132. The molecule has 5 nitrogen and oxygen atoms in total. The summed E-state index contributed by atoms with van der Waals surface area (Å²) in [6, 6.07) is 7.69. The molecule has 116 valence electrons. The number of hydrogen-bond acceptors (Lipinski definition) is 4. The molecule has 1 aromatic carbocycles. The third-order valence-corrected chi connectivity index (χ3v) is 3.85. The van der Waals surface area contributed by atoms with E-state index in [2.05, 4.69) is 4.90 Å². The zero-order valence-electron chi connectivity index (χ0n) is 12.9. The van der Waals surface area contributed by atoms with Crippen molar-refractivity contribution in [2.24, 2.45) is 0 Å². The Morgan fingerprint density at radius 1 is 1.10 bits per heavy atom. The number of carbonyl (C=O) groups is 1. The van der Waals surface area contributed by atoms with Crippen molar-refractivity contribution < 1.29 is 14.3 Å². The van der Waals surface area contributed by atoms with Crippen LogP contribution in [-0.2, 0) is 16.0 Å². The van der Waals surface area contributed by atoms with Gasteiger partial charge in [-0.2, -0.15) is 0 Å². The second kappa shape index (κ2) is 8.00. The average Bonchev–Trinajstić information content (AvgIpc) is 2.54. The predicted octanol–water partition coefficient (Wildman–Crippen LogP) is 1.03. The largest absolute Gasteiger partial charge is 0.497 e. The van der Waals surface area contributed by atoms with Crippen LogP contribution in [-0.4, -0.2) is 69.3 Å². The molecular formula is C16H24N2O3. The van der Waals surface area contributed by atoms with Crippen LogP contribution in [0, 0.1) is 0 Å². The summed E-state index contributed by atoms with van der Waals surface area (Å²) in [7, 11) is 3.36. The fraction of sp³-hybridized carbons (Fsp3) is 0.562. The highest BCUT2D eigenvalue weighted by Gasteiger charge is 2.20. The molecule has 0 spiro atoms. The maximum atomic E-state index is 12.3. The van der Waals surface area contributed by atoms with Crippen LogP contribution in [0.3, 0.4) is 0 Å². The van der Waals surface area contributed by atoms with E-state index in [1.165, 1.54) is 0 Å². The van der Waals surface area contributed by atoms with Crippen molar-refractivity contribution in [2.45, 2.75) is 6.42 Å². The van der Waals surface area contributed by atoms with Crippen molar-refractivity contribution >= 4 is 5.91 Å². The molecule has 1 amide bonds. The molecule has 0 bridgehead atoms. The molecule has 5 heteroatoms. The Kier molecular flexibility index (Phi) is 6.02. The number of piperazine rings is 1. The van der Waals surface area contributed by atoms with Crippen molar-refractivity contribution in [3.8, 4) is 5.75 Å². The maximum Gasteiger partial charge on any atom is 0.227 e. The van der Waals surface area contributed by atoms with E-state index in [0.29, 0.717) is 6.42 Å². The molecule has 0 unspecified atom stereocenters. The second-order valence-corrected chi connectivity index (χ2v) is 5.24. The van der Waals surface area contributed by atoms with Crippen molar-refractivity contribution in [3.05, 3.63) is 29.8 Å². The summed E-state index contributed by atoms with van der Waals surface area (Å²) in [6.07, 6.45) is 0.460. The van der Waals surface area contributed by atoms with E-state index >= 15 is 0 Å². The Morgan fingerprint density at radius 2 is 1.76 bits per heavy atom. The number of ether oxygens (including phenoxy) is 2. The highest BCUT2D eigenvalue weighted by atomic mass is 16.5. The van der Waals surface area contributed by atoms with Gasteiger partial charge in [-0.1, -0.05) is 12.1 Å². The predicted molar refractivity (Wildman–Crippen MR) is 81.6 cm³/mol. The van der Waals surface area contributed by atoms with Gasteiger partial charge >= 0.3 is 0 Å². The molecule has 1 aliphatic heterocycles. The molecule has 0 aromatic heterocycles. The molecule has 0 saturated carbocycles. The van der Waals surface area contributed by atoms with E-state index in [1.54, 1.807) is 14.2 Å². The van der Waals surface area contributed by atoms with Gasteiger partial charge < -0.3 is 14.4 Å². The molecule has 0 N–H and O–H groups in total. The Balaban J connectivity index is 1.78. The second-order valence-electron chi connectivity index (χ2n) is 5.24. The molecule has 1 heterocycles. The van der Waals surface area contributed by atoms with Crippen molar-refractivity contribution in [1.29, 1.82) is 0 Å². The van der Waals surface area contributed by atoms with Crippen molar-refractivity contribution in [1.82, 2.24) is 9.80 Å². The fourth-order valence-electron chi connectivity index (χ4n) is 2.47. The highest BCUT2D eigenvalue weighted by Crippen LogP contribution is 2.13. The number of methoxy groups -OCH3 is 2. The zero-order valence-corrected chi connectivity index (χ0v) is 12.9. The first-order valence-electron chi connectivity index (χ1n) is 7.35. The number of hydrogen-bond donors (Lipinski definition) is 0. The lowest BCUT2D eigenvalue weighted by Gasteiger charge is -2.34. The van der Waals surface area contributed by atoms with E-state index in [1.807, 2.05) is 29.2 Å². The van der Waals surface area contributed by atoms with Gasteiger partial charge in [-0.25, -0.2) is 0 Å². The standard InChI is InChI=1S/C16H24N2O3/c1-20-12-11-17-7-9-18(10-8-17)16(19)13-14-3-5-15(21-2)6-4-14/h3-6H,7-13H2,1-2H3. The Labute approximate surface area is 126 Å². The smallest absolute Gasteiger partial charge is 0.227 e. The van der Waals surface area contributed by atoms with Crippen LogP contribution in [0.5, 0.6) is 5.75 Å².